The highest BCUT2D eigenvalue weighted by molar-refractivity contribution is 7.53. The van der Waals surface area contributed by atoms with Crippen molar-refractivity contribution in [2.45, 2.75) is 25.2 Å². The van der Waals surface area contributed by atoms with Crippen molar-refractivity contribution in [3.63, 3.8) is 0 Å². The fraction of sp³-hybridized carbons (Fsp3) is 0.400. The molecule has 0 unspecified atom stereocenters. The maximum absolute atomic E-state index is 12.6. The molecule has 2 aromatic carbocycles. The lowest BCUT2D eigenvalue weighted by Crippen LogP contribution is -2.07. The van der Waals surface area contributed by atoms with Crippen LogP contribution in [0.4, 0.5) is 0 Å². The van der Waals surface area contributed by atoms with Crippen LogP contribution in [0.25, 0.3) is 11.1 Å². The molecule has 1 aliphatic rings. The molecular formula is C20H26O10P2. The Labute approximate surface area is 186 Å². The van der Waals surface area contributed by atoms with Crippen LogP contribution in [0.1, 0.15) is 22.3 Å². The van der Waals surface area contributed by atoms with E-state index < -0.39 is 15.2 Å². The van der Waals surface area contributed by atoms with Crippen LogP contribution in [0.2, 0.25) is 0 Å². The van der Waals surface area contributed by atoms with E-state index in [0.717, 1.165) is 46.2 Å². The SMILES string of the molecule is COOP(=O)(Cc1ccc2c(c1)CCc1cc(CP(=O)(OOC)OOC)ccc1-2)OOC. The minimum Gasteiger partial charge on any atom is -0.255 e. The van der Waals surface area contributed by atoms with E-state index in [1.165, 1.54) is 28.4 Å². The highest BCUT2D eigenvalue weighted by Crippen LogP contribution is 2.53. The molecule has 176 valence electrons. The molecule has 3 rings (SSSR count). The second-order valence-electron chi connectivity index (χ2n) is 6.99. The van der Waals surface area contributed by atoms with Crippen LogP contribution in [0.5, 0.6) is 0 Å². The summed E-state index contributed by atoms with van der Waals surface area (Å²) in [7, 11) is -2.17. The molecule has 0 amide bonds. The molecule has 0 atom stereocenters. The van der Waals surface area contributed by atoms with E-state index in [1.807, 2.05) is 36.4 Å². The van der Waals surface area contributed by atoms with Gasteiger partial charge in [-0.15, -0.1) is 18.7 Å². The number of fused-ring (bicyclic) bond motifs is 3. The molecule has 0 aromatic heterocycles. The lowest BCUT2D eigenvalue weighted by Gasteiger charge is -2.22. The van der Waals surface area contributed by atoms with E-state index in [-0.39, 0.29) is 12.3 Å². The molecule has 12 heteroatoms. The van der Waals surface area contributed by atoms with E-state index in [9.17, 15) is 9.13 Å². The molecule has 0 saturated carbocycles. The number of hydrogen-bond acceptors (Lipinski definition) is 10. The third-order valence-electron chi connectivity index (χ3n) is 4.80. The monoisotopic (exact) mass is 488 g/mol. The molecule has 1 aliphatic carbocycles. The minimum absolute atomic E-state index is 0.00202. The van der Waals surface area contributed by atoms with Gasteiger partial charge in [0.15, 0.2) is 0 Å². The van der Waals surface area contributed by atoms with Gasteiger partial charge in [0.2, 0.25) is 0 Å². The maximum Gasteiger partial charge on any atom is 0.388 e. The first-order valence-corrected chi connectivity index (χ1v) is 13.1. The van der Waals surface area contributed by atoms with Crippen molar-refractivity contribution >= 4 is 15.2 Å². The third kappa shape index (κ3) is 6.12. The molecule has 0 fully saturated rings. The second-order valence-corrected chi connectivity index (χ2v) is 10.7. The van der Waals surface area contributed by atoms with Crippen molar-refractivity contribution in [1.29, 1.82) is 0 Å². The van der Waals surface area contributed by atoms with Gasteiger partial charge in [0, 0.05) is 0 Å². The zero-order valence-electron chi connectivity index (χ0n) is 18.3. The van der Waals surface area contributed by atoms with E-state index in [0.29, 0.717) is 0 Å². The standard InChI is InChI=1S/C20H26O10P2/c1-23-27-31(21,28-24-2)13-15-5-9-19-17(11-15)7-8-18-12-16(6-10-20(18)19)14-32(22,29-25-3)30-26-4/h5-6,9-12H,7-8,13-14H2,1-4H3. The quantitative estimate of drug-likeness (QED) is 0.226. The Kier molecular flexibility index (Phi) is 8.77. The Balaban J connectivity index is 1.83. The van der Waals surface area contributed by atoms with E-state index in [2.05, 4.69) is 19.6 Å². The van der Waals surface area contributed by atoms with Crippen LogP contribution < -0.4 is 0 Å². The summed E-state index contributed by atoms with van der Waals surface area (Å²) in [4.78, 5) is 18.2. The highest BCUT2D eigenvalue weighted by Gasteiger charge is 2.30. The van der Waals surface area contributed by atoms with Crippen molar-refractivity contribution < 1.29 is 47.4 Å². The van der Waals surface area contributed by atoms with Gasteiger partial charge in [0.1, 0.15) is 0 Å². The summed E-state index contributed by atoms with van der Waals surface area (Å²) < 4.78 is 44.5. The first-order valence-electron chi connectivity index (χ1n) is 9.67. The minimum atomic E-state index is -3.60. The average molecular weight is 488 g/mol. The maximum atomic E-state index is 12.6. The van der Waals surface area contributed by atoms with E-state index >= 15 is 0 Å². The van der Waals surface area contributed by atoms with Crippen LogP contribution in [0.3, 0.4) is 0 Å². The second kappa shape index (κ2) is 11.1. The van der Waals surface area contributed by atoms with Gasteiger partial charge in [-0.1, -0.05) is 36.4 Å². The first-order chi connectivity index (χ1) is 15.3. The molecule has 0 saturated heterocycles. The summed E-state index contributed by atoms with van der Waals surface area (Å²) in [5.74, 6) is 0. The molecule has 0 radical (unpaired) electrons. The normalized spacial score (nSPS) is 13.6. The van der Waals surface area contributed by atoms with Gasteiger partial charge in [-0.2, -0.15) is 0 Å². The predicted octanol–water partition coefficient (Wildman–Crippen LogP) is 5.15. The van der Waals surface area contributed by atoms with Gasteiger partial charge in [-0.25, -0.2) is 19.6 Å². The Morgan fingerprint density at radius 1 is 0.625 bits per heavy atom. The number of hydrogen-bond donors (Lipinski definition) is 0. The van der Waals surface area contributed by atoms with Gasteiger partial charge >= 0.3 is 15.2 Å². The van der Waals surface area contributed by atoms with Crippen molar-refractivity contribution in [3.05, 3.63) is 58.7 Å². The van der Waals surface area contributed by atoms with Crippen LogP contribution in [-0.4, -0.2) is 28.4 Å². The van der Waals surface area contributed by atoms with Crippen LogP contribution in [0, 0.1) is 0 Å². The topological polar surface area (TPSA) is 108 Å². The van der Waals surface area contributed by atoms with E-state index in [4.69, 9.17) is 18.7 Å². The number of rotatable bonds is 12. The van der Waals surface area contributed by atoms with Gasteiger partial charge in [-0.05, 0) is 46.2 Å². The summed E-state index contributed by atoms with van der Waals surface area (Å²) in [6.07, 6.45) is 1.56. The summed E-state index contributed by atoms with van der Waals surface area (Å²) in [6.45, 7) is 0. The molecular weight excluding hydrogens is 462 g/mol. The Morgan fingerprint density at radius 2 is 0.969 bits per heavy atom. The van der Waals surface area contributed by atoms with Gasteiger partial charge < -0.3 is 0 Å². The smallest absolute Gasteiger partial charge is 0.255 e. The predicted molar refractivity (Wildman–Crippen MR) is 114 cm³/mol. The molecule has 10 nitrogen and oxygen atoms in total. The molecule has 0 N–H and O–H groups in total. The molecule has 32 heavy (non-hydrogen) atoms. The van der Waals surface area contributed by atoms with Gasteiger partial charge in [0.05, 0.1) is 40.8 Å². The molecule has 0 spiro atoms. The zero-order valence-corrected chi connectivity index (χ0v) is 20.1. The fourth-order valence-corrected chi connectivity index (χ4v) is 6.19. The average Bonchev–Trinajstić information content (AvgIpc) is 2.73. The van der Waals surface area contributed by atoms with Crippen LogP contribution in [0.15, 0.2) is 36.4 Å². The first kappa shape index (κ1) is 25.2. The molecule has 0 bridgehead atoms. The summed E-state index contributed by atoms with van der Waals surface area (Å²) in [5, 5.41) is 0. The summed E-state index contributed by atoms with van der Waals surface area (Å²) >= 11 is 0. The molecule has 2 aromatic rings. The van der Waals surface area contributed by atoms with Crippen molar-refractivity contribution in [2.75, 3.05) is 28.4 Å². The zero-order chi connectivity index (χ0) is 23.2. The van der Waals surface area contributed by atoms with Gasteiger partial charge in [0.25, 0.3) is 0 Å². The summed E-state index contributed by atoms with van der Waals surface area (Å²) in [6, 6.07) is 11.6. The Hall–Kier alpha value is -1.42. The third-order valence-corrected chi connectivity index (χ3v) is 7.81. The van der Waals surface area contributed by atoms with Crippen molar-refractivity contribution in [3.8, 4) is 11.1 Å². The van der Waals surface area contributed by atoms with Crippen LogP contribution in [-0.2, 0) is 72.5 Å². The fourth-order valence-electron chi connectivity index (χ4n) is 3.73. The van der Waals surface area contributed by atoms with Crippen LogP contribution >= 0.6 is 15.2 Å². The molecule has 0 aliphatic heterocycles. The Morgan fingerprint density at radius 3 is 1.28 bits per heavy atom. The lowest BCUT2D eigenvalue weighted by molar-refractivity contribution is -0.242. The van der Waals surface area contributed by atoms with Crippen molar-refractivity contribution in [2.24, 2.45) is 0 Å². The number of benzene rings is 2. The largest absolute Gasteiger partial charge is 0.388 e. The van der Waals surface area contributed by atoms with Crippen molar-refractivity contribution in [1.82, 2.24) is 0 Å². The number of aryl methyl sites for hydroxylation is 2. The van der Waals surface area contributed by atoms with E-state index in [1.54, 1.807) is 0 Å². The molecule has 0 heterocycles. The van der Waals surface area contributed by atoms with Gasteiger partial charge in [-0.3, -0.25) is 9.13 Å². The summed E-state index contributed by atoms with van der Waals surface area (Å²) in [5.41, 5.74) is 5.91. The lowest BCUT2D eigenvalue weighted by atomic mass is 9.84. The Bertz CT molecular complexity index is 924. The highest BCUT2D eigenvalue weighted by atomic mass is 31.2.